The number of benzene rings is 1. The molecular weight excluding hydrogens is 351 g/mol. The molecule has 1 aliphatic heterocycles. The number of halogens is 2. The van der Waals surface area contributed by atoms with E-state index in [0.717, 1.165) is 31.2 Å². The van der Waals surface area contributed by atoms with E-state index in [0.29, 0.717) is 20.9 Å². The van der Waals surface area contributed by atoms with Crippen LogP contribution in [0.3, 0.4) is 0 Å². The molecule has 2 fully saturated rings. The van der Waals surface area contributed by atoms with Crippen molar-refractivity contribution >= 4 is 52.5 Å². The van der Waals surface area contributed by atoms with Crippen LogP contribution in [0.2, 0.25) is 10.0 Å². The number of amides is 1. The van der Waals surface area contributed by atoms with E-state index < -0.39 is 0 Å². The summed E-state index contributed by atoms with van der Waals surface area (Å²) in [6.45, 7) is 0. The second kappa shape index (κ2) is 6.80. The smallest absolute Gasteiger partial charge is 0.277 e. The maximum Gasteiger partial charge on any atom is 0.277 e. The first-order chi connectivity index (χ1) is 11.0. The zero-order chi connectivity index (χ0) is 16.6. The zero-order valence-corrected chi connectivity index (χ0v) is 15.2. The highest BCUT2D eigenvalue weighted by Crippen LogP contribution is 2.32. The van der Waals surface area contributed by atoms with Crippen molar-refractivity contribution in [3.8, 4) is 0 Å². The molecule has 122 valence electrons. The molecule has 6 heteroatoms. The first-order valence-corrected chi connectivity index (χ1v) is 8.93. The molecule has 0 atom stereocenters. The molecule has 0 aromatic heterocycles. The lowest BCUT2D eigenvalue weighted by Crippen LogP contribution is -2.41. The molecule has 0 N–H and O–H groups in total. The lowest BCUT2D eigenvalue weighted by atomic mass is 9.94. The van der Waals surface area contributed by atoms with Crippen molar-refractivity contribution in [2.75, 3.05) is 7.05 Å². The van der Waals surface area contributed by atoms with Crippen molar-refractivity contribution in [3.63, 3.8) is 0 Å². The maximum atomic E-state index is 12.9. The van der Waals surface area contributed by atoms with Gasteiger partial charge in [-0.15, -0.1) is 0 Å². The van der Waals surface area contributed by atoms with E-state index in [-0.39, 0.29) is 11.9 Å². The lowest BCUT2D eigenvalue weighted by molar-refractivity contribution is -0.124. The minimum atomic E-state index is -0.0320. The van der Waals surface area contributed by atoms with Gasteiger partial charge in [-0.05, 0) is 48.8 Å². The maximum absolute atomic E-state index is 12.9. The van der Waals surface area contributed by atoms with Crippen LogP contribution < -0.4 is 0 Å². The molecule has 0 unspecified atom stereocenters. The van der Waals surface area contributed by atoms with Crippen LogP contribution in [-0.2, 0) is 4.79 Å². The standard InChI is InChI=1S/C17H18Cl2N2OS/c1-20-15(9-11-7-8-12(18)10-14(11)19)16(22)21(17(20)23)13-5-3-2-4-6-13/h7-10,13H,2-6H2,1H3/b15-9-. The van der Waals surface area contributed by atoms with Gasteiger partial charge in [0.1, 0.15) is 5.70 Å². The molecule has 0 spiro atoms. The molecule has 0 bridgehead atoms. The fourth-order valence-electron chi connectivity index (χ4n) is 3.20. The Morgan fingerprint density at radius 1 is 1.22 bits per heavy atom. The summed E-state index contributed by atoms with van der Waals surface area (Å²) in [7, 11) is 1.83. The van der Waals surface area contributed by atoms with Crippen LogP contribution in [0.25, 0.3) is 6.08 Å². The Kier molecular flexibility index (Phi) is 4.95. The minimum absolute atomic E-state index is 0.0320. The summed E-state index contributed by atoms with van der Waals surface area (Å²) in [6, 6.07) is 5.46. The molecule has 3 rings (SSSR count). The van der Waals surface area contributed by atoms with Crippen molar-refractivity contribution in [3.05, 3.63) is 39.5 Å². The predicted octanol–water partition coefficient (Wildman–Crippen LogP) is 4.73. The van der Waals surface area contributed by atoms with Gasteiger partial charge >= 0.3 is 0 Å². The fourth-order valence-corrected chi connectivity index (χ4v) is 4.00. The number of likely N-dealkylation sites (N-methyl/N-ethyl adjacent to an activating group) is 1. The third kappa shape index (κ3) is 3.25. The molecule has 2 aliphatic rings. The van der Waals surface area contributed by atoms with Gasteiger partial charge in [-0.25, -0.2) is 0 Å². The molecular formula is C17H18Cl2N2OS. The predicted molar refractivity (Wildman–Crippen MR) is 98.5 cm³/mol. The summed E-state index contributed by atoms with van der Waals surface area (Å²) in [5.41, 5.74) is 1.32. The van der Waals surface area contributed by atoms with Crippen LogP contribution in [0.4, 0.5) is 0 Å². The number of thiocarbonyl (C=S) groups is 1. The Balaban J connectivity index is 1.92. The number of carbonyl (C=O) groups excluding carboxylic acids is 1. The van der Waals surface area contributed by atoms with Crippen LogP contribution >= 0.6 is 35.4 Å². The second-order valence-electron chi connectivity index (χ2n) is 6.00. The van der Waals surface area contributed by atoms with Crippen molar-refractivity contribution in [1.29, 1.82) is 0 Å². The van der Waals surface area contributed by atoms with E-state index in [4.69, 9.17) is 35.4 Å². The first-order valence-electron chi connectivity index (χ1n) is 7.77. The van der Waals surface area contributed by atoms with Gasteiger partial charge in [-0.3, -0.25) is 9.69 Å². The minimum Gasteiger partial charge on any atom is -0.317 e. The van der Waals surface area contributed by atoms with Crippen molar-refractivity contribution < 1.29 is 4.79 Å². The SMILES string of the molecule is CN1C(=S)N(C2CCCCC2)C(=O)/C1=C/c1ccc(Cl)cc1Cl. The quantitative estimate of drug-likeness (QED) is 0.556. The largest absolute Gasteiger partial charge is 0.317 e. The third-order valence-electron chi connectivity index (χ3n) is 4.49. The van der Waals surface area contributed by atoms with Gasteiger partial charge in [0.15, 0.2) is 5.11 Å². The van der Waals surface area contributed by atoms with E-state index in [2.05, 4.69) is 0 Å². The van der Waals surface area contributed by atoms with Crippen molar-refractivity contribution in [2.24, 2.45) is 0 Å². The molecule has 1 saturated heterocycles. The Morgan fingerprint density at radius 3 is 2.57 bits per heavy atom. The lowest BCUT2D eigenvalue weighted by Gasteiger charge is -2.30. The van der Waals surface area contributed by atoms with Crippen LogP contribution in [0, 0.1) is 0 Å². The Morgan fingerprint density at radius 2 is 1.91 bits per heavy atom. The van der Waals surface area contributed by atoms with E-state index in [1.54, 1.807) is 28.0 Å². The molecule has 3 nitrogen and oxygen atoms in total. The number of nitrogens with zero attached hydrogens (tertiary/aromatic N) is 2. The highest BCUT2D eigenvalue weighted by molar-refractivity contribution is 7.80. The molecule has 1 heterocycles. The molecule has 1 aromatic carbocycles. The van der Waals surface area contributed by atoms with E-state index in [1.807, 2.05) is 13.1 Å². The summed E-state index contributed by atoms with van der Waals surface area (Å²) in [4.78, 5) is 16.4. The number of rotatable bonds is 2. The van der Waals surface area contributed by atoms with E-state index in [1.165, 1.54) is 6.42 Å². The zero-order valence-electron chi connectivity index (χ0n) is 12.9. The molecule has 1 saturated carbocycles. The van der Waals surface area contributed by atoms with E-state index in [9.17, 15) is 4.79 Å². The highest BCUT2D eigenvalue weighted by Gasteiger charge is 2.40. The normalized spacial score (nSPS) is 21.6. The van der Waals surface area contributed by atoms with Gasteiger partial charge in [0, 0.05) is 23.1 Å². The summed E-state index contributed by atoms with van der Waals surface area (Å²) < 4.78 is 0. The summed E-state index contributed by atoms with van der Waals surface area (Å²) in [5, 5.41) is 1.68. The Labute approximate surface area is 151 Å². The van der Waals surface area contributed by atoms with Crippen LogP contribution in [0.5, 0.6) is 0 Å². The number of hydrogen-bond donors (Lipinski definition) is 0. The van der Waals surface area contributed by atoms with Gasteiger partial charge in [-0.2, -0.15) is 0 Å². The van der Waals surface area contributed by atoms with Gasteiger partial charge in [0.05, 0.1) is 0 Å². The number of carbonyl (C=O) groups is 1. The van der Waals surface area contributed by atoms with Gasteiger partial charge in [0.25, 0.3) is 5.91 Å². The fraction of sp³-hybridized carbons (Fsp3) is 0.412. The second-order valence-corrected chi connectivity index (χ2v) is 7.21. The molecule has 1 aromatic rings. The van der Waals surface area contributed by atoms with Gasteiger partial charge in [-0.1, -0.05) is 48.5 Å². The molecule has 23 heavy (non-hydrogen) atoms. The highest BCUT2D eigenvalue weighted by atomic mass is 35.5. The molecule has 1 aliphatic carbocycles. The van der Waals surface area contributed by atoms with Gasteiger partial charge < -0.3 is 4.90 Å². The summed E-state index contributed by atoms with van der Waals surface area (Å²) >= 11 is 17.7. The van der Waals surface area contributed by atoms with Crippen molar-refractivity contribution in [1.82, 2.24) is 9.80 Å². The molecule has 0 radical (unpaired) electrons. The monoisotopic (exact) mass is 368 g/mol. The average molecular weight is 369 g/mol. The van der Waals surface area contributed by atoms with Crippen LogP contribution in [0.1, 0.15) is 37.7 Å². The number of hydrogen-bond acceptors (Lipinski definition) is 2. The average Bonchev–Trinajstić information content (AvgIpc) is 2.74. The summed E-state index contributed by atoms with van der Waals surface area (Å²) in [6.07, 6.45) is 7.38. The van der Waals surface area contributed by atoms with Crippen molar-refractivity contribution in [2.45, 2.75) is 38.1 Å². The summed E-state index contributed by atoms with van der Waals surface area (Å²) in [5.74, 6) is -0.0320. The van der Waals surface area contributed by atoms with E-state index >= 15 is 0 Å². The topological polar surface area (TPSA) is 23.6 Å². The first kappa shape index (κ1) is 16.7. The molecule has 1 amide bonds. The van der Waals surface area contributed by atoms with Crippen LogP contribution in [0.15, 0.2) is 23.9 Å². The van der Waals surface area contributed by atoms with Gasteiger partial charge in [0.2, 0.25) is 0 Å². The Bertz CT molecular complexity index is 683. The Hall–Kier alpha value is -1.10. The third-order valence-corrected chi connectivity index (χ3v) is 5.52. The van der Waals surface area contributed by atoms with Crippen LogP contribution in [-0.4, -0.2) is 33.9 Å².